The van der Waals surface area contributed by atoms with Crippen LogP contribution in [0.1, 0.15) is 5.56 Å². The number of rotatable bonds is 2. The van der Waals surface area contributed by atoms with E-state index in [2.05, 4.69) is 0 Å². The molecule has 0 saturated heterocycles. The number of carboxylic acids is 1. The highest BCUT2D eigenvalue weighted by molar-refractivity contribution is 6.30. The Kier molecular flexibility index (Phi) is 2.88. The number of aliphatic carboxylic acids is 1. The molecule has 0 aromatic heterocycles. The fourth-order valence-electron chi connectivity index (χ4n) is 0.738. The monoisotopic (exact) mass is 181 g/mol. The smallest absolute Gasteiger partial charge is 0.0643 e. The van der Waals surface area contributed by atoms with Gasteiger partial charge in [0.25, 0.3) is 0 Å². The second-order valence-electron chi connectivity index (χ2n) is 2.20. The van der Waals surface area contributed by atoms with E-state index in [1.165, 1.54) is 6.08 Å². The quantitative estimate of drug-likeness (QED) is 0.642. The zero-order valence-corrected chi connectivity index (χ0v) is 6.91. The van der Waals surface area contributed by atoms with Crippen LogP contribution >= 0.6 is 11.6 Å². The van der Waals surface area contributed by atoms with Crippen LogP contribution in [0.4, 0.5) is 0 Å². The number of benzene rings is 1. The summed E-state index contributed by atoms with van der Waals surface area (Å²) in [5.74, 6) is -1.20. The fourth-order valence-corrected chi connectivity index (χ4v) is 0.864. The first-order valence-electron chi connectivity index (χ1n) is 3.33. The zero-order valence-electron chi connectivity index (χ0n) is 6.16. The molecule has 0 fully saturated rings. The van der Waals surface area contributed by atoms with Crippen molar-refractivity contribution in [3.63, 3.8) is 0 Å². The lowest BCUT2D eigenvalue weighted by molar-refractivity contribution is -0.297. The Morgan fingerprint density at radius 3 is 2.42 bits per heavy atom. The number of carboxylic acid groups (broad SMARTS) is 1. The van der Waals surface area contributed by atoms with Crippen molar-refractivity contribution in [1.29, 1.82) is 0 Å². The van der Waals surface area contributed by atoms with Crippen molar-refractivity contribution in [2.45, 2.75) is 0 Å². The molecule has 0 aliphatic rings. The van der Waals surface area contributed by atoms with Crippen molar-refractivity contribution in [3.8, 4) is 0 Å². The summed E-state index contributed by atoms with van der Waals surface area (Å²) in [7, 11) is 0. The summed E-state index contributed by atoms with van der Waals surface area (Å²) in [5, 5.41) is 10.6. The standard InChI is InChI=1S/C9H7ClO2/c10-8-4-1-7(2-5-8)3-6-9(11)12/h1-6H,(H,11,12)/p-1/b6-3-. The molecule has 0 bridgehead atoms. The normalized spacial score (nSPS) is 10.4. The van der Waals surface area contributed by atoms with Crippen molar-refractivity contribution < 1.29 is 9.90 Å². The van der Waals surface area contributed by atoms with Gasteiger partial charge in [-0.25, -0.2) is 0 Å². The van der Waals surface area contributed by atoms with E-state index in [-0.39, 0.29) is 0 Å². The van der Waals surface area contributed by atoms with Gasteiger partial charge in [-0.2, -0.15) is 0 Å². The third kappa shape index (κ3) is 2.76. The maximum atomic E-state index is 10.0. The van der Waals surface area contributed by atoms with Gasteiger partial charge in [0, 0.05) is 5.02 Å². The molecule has 1 rings (SSSR count). The van der Waals surface area contributed by atoms with Crippen LogP contribution in [0.5, 0.6) is 0 Å². The van der Waals surface area contributed by atoms with Crippen LogP contribution in [-0.4, -0.2) is 5.97 Å². The van der Waals surface area contributed by atoms with Crippen molar-refractivity contribution in [3.05, 3.63) is 40.9 Å². The van der Waals surface area contributed by atoms with Gasteiger partial charge in [-0.1, -0.05) is 29.8 Å². The molecular weight excluding hydrogens is 176 g/mol. The lowest BCUT2D eigenvalue weighted by Crippen LogP contribution is -2.18. The van der Waals surface area contributed by atoms with Crippen LogP contribution < -0.4 is 5.11 Å². The summed E-state index contributed by atoms with van der Waals surface area (Å²) in [4.78, 5) is 10.0. The minimum atomic E-state index is -1.20. The fraction of sp³-hybridized carbons (Fsp3) is 0. The van der Waals surface area contributed by atoms with E-state index in [0.29, 0.717) is 5.02 Å². The Morgan fingerprint density at radius 1 is 1.33 bits per heavy atom. The minimum Gasteiger partial charge on any atom is -0.545 e. The van der Waals surface area contributed by atoms with E-state index < -0.39 is 5.97 Å². The van der Waals surface area contributed by atoms with Crippen molar-refractivity contribution in [2.75, 3.05) is 0 Å². The van der Waals surface area contributed by atoms with Crippen LogP contribution in [0.15, 0.2) is 30.3 Å². The van der Waals surface area contributed by atoms with Gasteiger partial charge in [0.05, 0.1) is 5.97 Å². The first-order chi connectivity index (χ1) is 5.68. The van der Waals surface area contributed by atoms with Gasteiger partial charge < -0.3 is 9.90 Å². The van der Waals surface area contributed by atoms with Crippen molar-refractivity contribution >= 4 is 23.6 Å². The molecule has 2 nitrogen and oxygen atoms in total. The third-order valence-corrected chi connectivity index (χ3v) is 1.53. The van der Waals surface area contributed by atoms with Crippen molar-refractivity contribution in [1.82, 2.24) is 0 Å². The van der Waals surface area contributed by atoms with E-state index >= 15 is 0 Å². The lowest BCUT2D eigenvalue weighted by atomic mass is 10.2. The summed E-state index contributed by atoms with van der Waals surface area (Å²) in [6, 6.07) is 6.83. The molecule has 0 radical (unpaired) electrons. The third-order valence-electron chi connectivity index (χ3n) is 1.28. The van der Waals surface area contributed by atoms with E-state index in [9.17, 15) is 9.90 Å². The predicted molar refractivity (Wildman–Crippen MR) is 45.5 cm³/mol. The lowest BCUT2D eigenvalue weighted by Gasteiger charge is -1.93. The molecule has 1 aromatic carbocycles. The molecule has 3 heteroatoms. The summed E-state index contributed by atoms with van der Waals surface area (Å²) in [6.07, 6.45) is 2.43. The summed E-state index contributed by atoms with van der Waals surface area (Å²) < 4.78 is 0. The van der Waals surface area contributed by atoms with Crippen LogP contribution in [0.3, 0.4) is 0 Å². The van der Waals surface area contributed by atoms with E-state index in [1.807, 2.05) is 0 Å². The maximum absolute atomic E-state index is 10.0. The second-order valence-corrected chi connectivity index (χ2v) is 2.64. The van der Waals surface area contributed by atoms with E-state index in [0.717, 1.165) is 11.6 Å². The summed E-state index contributed by atoms with van der Waals surface area (Å²) in [5.41, 5.74) is 0.781. The van der Waals surface area contributed by atoms with Gasteiger partial charge in [-0.3, -0.25) is 0 Å². The number of carbonyl (C=O) groups is 1. The highest BCUT2D eigenvalue weighted by Crippen LogP contribution is 2.10. The van der Waals surface area contributed by atoms with E-state index in [4.69, 9.17) is 11.6 Å². The van der Waals surface area contributed by atoms with Gasteiger partial charge in [-0.15, -0.1) is 0 Å². The average Bonchev–Trinajstić information content (AvgIpc) is 2.03. The number of halogens is 1. The van der Waals surface area contributed by atoms with Crippen LogP contribution in [0.25, 0.3) is 6.08 Å². The Labute approximate surface area is 75.1 Å². The molecular formula is C9H6ClO2-. The van der Waals surface area contributed by atoms with Gasteiger partial charge in [0.15, 0.2) is 0 Å². The SMILES string of the molecule is O=C([O-])/C=C\c1ccc(Cl)cc1. The highest BCUT2D eigenvalue weighted by Gasteiger charge is 1.86. The molecule has 62 valence electrons. The van der Waals surface area contributed by atoms with Gasteiger partial charge >= 0.3 is 0 Å². The van der Waals surface area contributed by atoms with Crippen LogP contribution in [-0.2, 0) is 4.79 Å². The molecule has 0 saturated carbocycles. The molecule has 0 atom stereocenters. The average molecular weight is 182 g/mol. The second kappa shape index (κ2) is 3.93. The molecule has 1 aromatic rings. The summed E-state index contributed by atoms with van der Waals surface area (Å²) >= 11 is 5.62. The number of hydrogen-bond acceptors (Lipinski definition) is 2. The van der Waals surface area contributed by atoms with Crippen molar-refractivity contribution in [2.24, 2.45) is 0 Å². The number of hydrogen-bond donors (Lipinski definition) is 0. The first-order valence-corrected chi connectivity index (χ1v) is 3.71. The van der Waals surface area contributed by atoms with E-state index in [1.54, 1.807) is 24.3 Å². The van der Waals surface area contributed by atoms with Gasteiger partial charge in [0.2, 0.25) is 0 Å². The highest BCUT2D eigenvalue weighted by atomic mass is 35.5. The summed E-state index contributed by atoms with van der Waals surface area (Å²) in [6.45, 7) is 0. The largest absolute Gasteiger partial charge is 0.545 e. The topological polar surface area (TPSA) is 40.1 Å². The van der Waals surface area contributed by atoms with Crippen LogP contribution in [0, 0.1) is 0 Å². The Bertz CT molecular complexity index is 301. The molecule has 0 N–H and O–H groups in total. The molecule has 12 heavy (non-hydrogen) atoms. The van der Waals surface area contributed by atoms with Crippen LogP contribution in [0.2, 0.25) is 5.02 Å². The molecule has 0 spiro atoms. The Hall–Kier alpha value is -1.28. The first kappa shape index (κ1) is 8.81. The zero-order chi connectivity index (χ0) is 8.97. The van der Waals surface area contributed by atoms with Gasteiger partial charge in [0.1, 0.15) is 0 Å². The predicted octanol–water partition coefficient (Wildman–Crippen LogP) is 1.10. The molecule has 0 aliphatic heterocycles. The molecule has 0 unspecified atom stereocenters. The molecule has 0 heterocycles. The molecule has 0 amide bonds. The maximum Gasteiger partial charge on any atom is 0.0643 e. The Balaban J connectivity index is 2.77. The van der Waals surface area contributed by atoms with Gasteiger partial charge in [-0.05, 0) is 23.8 Å². The molecule has 0 aliphatic carbocycles. The minimum absolute atomic E-state index is 0.626. The Morgan fingerprint density at radius 2 is 1.92 bits per heavy atom. The number of carbonyl (C=O) groups excluding carboxylic acids is 1.